The first-order valence-corrected chi connectivity index (χ1v) is 10.6. The van der Waals surface area contributed by atoms with Gasteiger partial charge in [-0.3, -0.25) is 9.59 Å². The Balaban J connectivity index is 0.000000360. The van der Waals surface area contributed by atoms with Gasteiger partial charge in [0.05, 0.1) is 11.3 Å². The highest BCUT2D eigenvalue weighted by molar-refractivity contribution is 6.14. The minimum Gasteiger partial charge on any atom is -0.475 e. The molecule has 1 saturated heterocycles. The number of alkyl halides is 3. The Morgan fingerprint density at radius 1 is 1.16 bits per heavy atom. The van der Waals surface area contributed by atoms with E-state index in [9.17, 15) is 22.8 Å². The molecule has 32 heavy (non-hydrogen) atoms. The molecule has 4 rings (SSSR count). The van der Waals surface area contributed by atoms with Crippen LogP contribution >= 0.6 is 0 Å². The number of rotatable bonds is 3. The predicted molar refractivity (Wildman–Crippen MR) is 111 cm³/mol. The van der Waals surface area contributed by atoms with Gasteiger partial charge in [0.2, 0.25) is 11.8 Å². The van der Waals surface area contributed by atoms with E-state index in [1.54, 1.807) is 0 Å². The fourth-order valence-electron chi connectivity index (χ4n) is 4.44. The van der Waals surface area contributed by atoms with Gasteiger partial charge in [-0.1, -0.05) is 32.0 Å². The standard InChI is InChI=1S/C20H27N3O2.C2HF3O2/c1-14(2)13-23-17-7-5-4-6-15(17)20(19(23)25)12-16(20)18(24)22-10-8-21(3)9-11-22;3-2(4,5)1(6)7/h4-7,14,16H,8-13H2,1-3H3;(H,6,7). The van der Waals surface area contributed by atoms with Gasteiger partial charge in [-0.15, -0.1) is 0 Å². The summed E-state index contributed by atoms with van der Waals surface area (Å²) in [4.78, 5) is 41.3. The van der Waals surface area contributed by atoms with E-state index in [-0.39, 0.29) is 17.7 Å². The summed E-state index contributed by atoms with van der Waals surface area (Å²) in [6, 6.07) is 8.05. The monoisotopic (exact) mass is 455 g/mol. The number of piperazine rings is 1. The molecule has 7 nitrogen and oxygen atoms in total. The maximum atomic E-state index is 13.3. The van der Waals surface area contributed by atoms with Gasteiger partial charge in [0.25, 0.3) is 0 Å². The number of nitrogens with zero attached hydrogens (tertiary/aromatic N) is 3. The second kappa shape index (κ2) is 8.73. The van der Waals surface area contributed by atoms with Crippen molar-refractivity contribution in [1.82, 2.24) is 9.80 Å². The summed E-state index contributed by atoms with van der Waals surface area (Å²) in [6.07, 6.45) is -4.41. The van der Waals surface area contributed by atoms with E-state index in [1.165, 1.54) is 0 Å². The minimum absolute atomic E-state index is 0.134. The van der Waals surface area contributed by atoms with E-state index in [4.69, 9.17) is 9.90 Å². The van der Waals surface area contributed by atoms with Crippen LogP contribution in [0.1, 0.15) is 25.8 Å². The molecule has 2 amide bonds. The van der Waals surface area contributed by atoms with Crippen molar-refractivity contribution >= 4 is 23.5 Å². The number of carbonyl (C=O) groups is 3. The highest BCUT2D eigenvalue weighted by Gasteiger charge is 2.70. The molecule has 1 aliphatic carbocycles. The van der Waals surface area contributed by atoms with Crippen LogP contribution in [-0.4, -0.2) is 78.6 Å². The summed E-state index contributed by atoms with van der Waals surface area (Å²) in [5.41, 5.74) is 1.48. The van der Waals surface area contributed by atoms with Gasteiger partial charge in [-0.2, -0.15) is 13.2 Å². The fraction of sp³-hybridized carbons (Fsp3) is 0.591. The number of anilines is 1. The molecular formula is C22H28F3N3O4. The Morgan fingerprint density at radius 2 is 1.72 bits per heavy atom. The van der Waals surface area contributed by atoms with E-state index in [2.05, 4.69) is 25.8 Å². The lowest BCUT2D eigenvalue weighted by atomic mass is 9.94. The number of para-hydroxylation sites is 1. The lowest BCUT2D eigenvalue weighted by molar-refractivity contribution is -0.192. The minimum atomic E-state index is -5.08. The molecule has 176 valence electrons. The van der Waals surface area contributed by atoms with Crippen LogP contribution in [0.5, 0.6) is 0 Å². The molecule has 2 atom stereocenters. The van der Waals surface area contributed by atoms with Crippen LogP contribution in [0.3, 0.4) is 0 Å². The quantitative estimate of drug-likeness (QED) is 0.757. The SMILES string of the molecule is CC(C)CN1C(=O)C2(CC2C(=O)N2CCN(C)CC2)c2ccccc21.O=C(O)C(F)(F)F. The van der Waals surface area contributed by atoms with E-state index in [0.717, 1.165) is 37.4 Å². The van der Waals surface area contributed by atoms with Gasteiger partial charge >= 0.3 is 12.1 Å². The second-order valence-electron chi connectivity index (χ2n) is 8.99. The van der Waals surface area contributed by atoms with Crippen LogP contribution in [0.25, 0.3) is 0 Å². The normalized spacial score (nSPS) is 25.0. The summed E-state index contributed by atoms with van der Waals surface area (Å²) < 4.78 is 31.7. The van der Waals surface area contributed by atoms with Crippen LogP contribution in [-0.2, 0) is 19.8 Å². The van der Waals surface area contributed by atoms with E-state index in [1.807, 2.05) is 34.1 Å². The van der Waals surface area contributed by atoms with Crippen molar-refractivity contribution in [2.24, 2.45) is 11.8 Å². The Kier molecular flexibility index (Phi) is 6.55. The maximum absolute atomic E-state index is 13.3. The first-order valence-electron chi connectivity index (χ1n) is 10.6. The average molecular weight is 455 g/mol. The zero-order chi connectivity index (χ0) is 23.8. The Hall–Kier alpha value is -2.62. The first kappa shape index (κ1) is 24.0. The summed E-state index contributed by atoms with van der Waals surface area (Å²) in [6.45, 7) is 8.33. The van der Waals surface area contributed by atoms with Crippen molar-refractivity contribution in [3.8, 4) is 0 Å². The third-order valence-corrected chi connectivity index (χ3v) is 6.17. The molecule has 1 aromatic carbocycles. The van der Waals surface area contributed by atoms with Crippen LogP contribution in [0.4, 0.5) is 18.9 Å². The lowest BCUT2D eigenvalue weighted by Crippen LogP contribution is -2.48. The molecule has 10 heteroatoms. The molecule has 2 aliphatic heterocycles. The molecule has 0 bridgehead atoms. The summed E-state index contributed by atoms with van der Waals surface area (Å²) in [5.74, 6) is -2.23. The number of carboxylic acid groups (broad SMARTS) is 1. The van der Waals surface area contributed by atoms with E-state index < -0.39 is 17.6 Å². The lowest BCUT2D eigenvalue weighted by Gasteiger charge is -2.33. The predicted octanol–water partition coefficient (Wildman–Crippen LogP) is 2.35. The molecule has 1 N–H and O–H groups in total. The summed E-state index contributed by atoms with van der Waals surface area (Å²) >= 11 is 0. The number of benzene rings is 1. The van der Waals surface area contributed by atoms with E-state index >= 15 is 0 Å². The Labute approximate surface area is 184 Å². The highest BCUT2D eigenvalue weighted by atomic mass is 19.4. The number of halogens is 3. The van der Waals surface area contributed by atoms with Crippen LogP contribution in [0.2, 0.25) is 0 Å². The highest BCUT2D eigenvalue weighted by Crippen LogP contribution is 2.62. The maximum Gasteiger partial charge on any atom is 0.490 e. The zero-order valence-electron chi connectivity index (χ0n) is 18.4. The molecule has 1 spiro atoms. The van der Waals surface area contributed by atoms with Crippen molar-refractivity contribution in [2.45, 2.75) is 31.9 Å². The largest absolute Gasteiger partial charge is 0.490 e. The van der Waals surface area contributed by atoms with Gasteiger partial charge in [-0.25, -0.2) is 4.79 Å². The van der Waals surface area contributed by atoms with Crippen molar-refractivity contribution in [1.29, 1.82) is 0 Å². The summed E-state index contributed by atoms with van der Waals surface area (Å²) in [7, 11) is 2.08. The average Bonchev–Trinajstić information content (AvgIpc) is 3.43. The van der Waals surface area contributed by atoms with E-state index in [0.29, 0.717) is 18.9 Å². The molecule has 3 aliphatic rings. The zero-order valence-corrected chi connectivity index (χ0v) is 18.4. The second-order valence-corrected chi connectivity index (χ2v) is 8.99. The molecule has 2 unspecified atom stereocenters. The van der Waals surface area contributed by atoms with Crippen molar-refractivity contribution in [2.75, 3.05) is 44.7 Å². The van der Waals surface area contributed by atoms with Gasteiger partial charge in [-0.05, 0) is 31.0 Å². The number of hydrogen-bond acceptors (Lipinski definition) is 4. The third kappa shape index (κ3) is 4.46. The van der Waals surface area contributed by atoms with Crippen LogP contribution in [0, 0.1) is 11.8 Å². The Bertz CT molecular complexity index is 897. The van der Waals surface area contributed by atoms with Gasteiger partial charge in [0, 0.05) is 38.4 Å². The van der Waals surface area contributed by atoms with Crippen molar-refractivity contribution in [3.63, 3.8) is 0 Å². The number of likely N-dealkylation sites (N-methyl/N-ethyl adjacent to an activating group) is 1. The molecule has 0 aromatic heterocycles. The number of fused-ring (bicyclic) bond motifs is 2. The topological polar surface area (TPSA) is 81.2 Å². The van der Waals surface area contributed by atoms with Gasteiger partial charge < -0.3 is 19.8 Å². The van der Waals surface area contributed by atoms with Crippen LogP contribution in [0.15, 0.2) is 24.3 Å². The number of carboxylic acids is 1. The van der Waals surface area contributed by atoms with Crippen molar-refractivity contribution < 1.29 is 32.7 Å². The third-order valence-electron chi connectivity index (χ3n) is 6.17. The number of hydrogen-bond donors (Lipinski definition) is 1. The van der Waals surface area contributed by atoms with Crippen LogP contribution < -0.4 is 4.90 Å². The number of amides is 2. The first-order chi connectivity index (χ1) is 14.9. The Morgan fingerprint density at radius 3 is 2.25 bits per heavy atom. The summed E-state index contributed by atoms with van der Waals surface area (Å²) in [5, 5.41) is 7.12. The smallest absolute Gasteiger partial charge is 0.475 e. The van der Waals surface area contributed by atoms with Gasteiger partial charge in [0.15, 0.2) is 0 Å². The molecule has 2 heterocycles. The molecule has 2 fully saturated rings. The fourth-order valence-corrected chi connectivity index (χ4v) is 4.44. The number of aliphatic carboxylic acids is 1. The molecule has 1 saturated carbocycles. The molecule has 1 aromatic rings. The molecule has 0 radical (unpaired) electrons. The van der Waals surface area contributed by atoms with Crippen molar-refractivity contribution in [3.05, 3.63) is 29.8 Å². The molecular weight excluding hydrogens is 427 g/mol. The number of carbonyl (C=O) groups excluding carboxylic acids is 2. The van der Waals surface area contributed by atoms with Gasteiger partial charge in [0.1, 0.15) is 0 Å².